The Morgan fingerprint density at radius 2 is 1.14 bits per heavy atom. The summed E-state index contributed by atoms with van der Waals surface area (Å²) in [7, 11) is 0. The molecule has 108 valence electrons. The first-order chi connectivity index (χ1) is 9.81. The summed E-state index contributed by atoms with van der Waals surface area (Å²) >= 11 is 0. The van der Waals surface area contributed by atoms with E-state index in [9.17, 15) is 0 Å². The zero-order valence-corrected chi connectivity index (χ0v) is 14.0. The second-order valence-electron chi connectivity index (χ2n) is 3.70. The minimum Gasteiger partial charge on any atom is -0.855 e. The van der Waals surface area contributed by atoms with Gasteiger partial charge < -0.3 is 5.11 Å². The molecule has 0 aliphatic heterocycles. The van der Waals surface area contributed by atoms with Crippen molar-refractivity contribution in [1.29, 1.82) is 0 Å². The van der Waals surface area contributed by atoms with Crippen LogP contribution in [0.15, 0.2) is 91.0 Å². The minimum absolute atomic E-state index is 0. The van der Waals surface area contributed by atoms with Gasteiger partial charge in [-0.2, -0.15) is 61.0 Å². The van der Waals surface area contributed by atoms with Crippen LogP contribution >= 0.6 is 0 Å². The van der Waals surface area contributed by atoms with Crippen LogP contribution in [0.4, 0.5) is 0 Å². The zero-order chi connectivity index (χ0) is 14.9. The monoisotopic (exact) mass is 314 g/mol. The van der Waals surface area contributed by atoms with Gasteiger partial charge in [-0.3, -0.25) is 0 Å². The topological polar surface area (TPSA) is 23.1 Å². The molecule has 0 radical (unpaired) electrons. The third-order valence-electron chi connectivity index (χ3n) is 1.95. The molecule has 0 bridgehead atoms. The van der Waals surface area contributed by atoms with Crippen LogP contribution in [0.2, 0.25) is 0 Å². The molecule has 21 heavy (non-hydrogen) atoms. The maximum atomic E-state index is 8.93. The quantitative estimate of drug-likeness (QED) is 0.453. The van der Waals surface area contributed by atoms with E-state index in [0.29, 0.717) is 0 Å². The fourth-order valence-electron chi connectivity index (χ4n) is 1.12. The van der Waals surface area contributed by atoms with Crippen LogP contribution in [0.1, 0.15) is 12.5 Å². The Balaban J connectivity index is 0. The summed E-state index contributed by atoms with van der Waals surface area (Å²) in [6, 6.07) is 29.9. The van der Waals surface area contributed by atoms with Gasteiger partial charge in [0.2, 0.25) is 0 Å². The van der Waals surface area contributed by atoms with Gasteiger partial charge >= 0.3 is 21.7 Å². The van der Waals surface area contributed by atoms with E-state index in [1.807, 2.05) is 91.0 Å². The fourth-order valence-corrected chi connectivity index (χ4v) is 1.12. The van der Waals surface area contributed by atoms with Crippen molar-refractivity contribution in [3.8, 4) is 0 Å². The normalized spacial score (nSPS) is 7.52. The van der Waals surface area contributed by atoms with Gasteiger partial charge in [-0.15, -0.1) is 18.7 Å². The molecule has 0 aliphatic rings. The van der Waals surface area contributed by atoms with E-state index in [1.165, 1.54) is 0 Å². The summed E-state index contributed by atoms with van der Waals surface area (Å²) in [6.07, 6.45) is 0. The number of hydrogen-bond acceptors (Lipinski definition) is 1. The summed E-state index contributed by atoms with van der Waals surface area (Å²) in [4.78, 5) is 0. The predicted octanol–water partition coefficient (Wildman–Crippen LogP) is 4.04. The summed E-state index contributed by atoms with van der Waals surface area (Å²) in [5.41, 5.74) is 1.07. The smallest absolute Gasteiger partial charge is 0.855 e. The van der Waals surface area contributed by atoms with Crippen molar-refractivity contribution in [3.05, 3.63) is 103 Å². The predicted molar refractivity (Wildman–Crippen MR) is 85.5 cm³/mol. The Hall–Kier alpha value is -1.54. The molecule has 0 atom stereocenters. The van der Waals surface area contributed by atoms with Crippen LogP contribution in [0, 0.1) is 6.92 Å². The Kier molecular flexibility index (Phi) is 19.1. The van der Waals surface area contributed by atoms with Crippen LogP contribution in [-0.4, -0.2) is 6.61 Å². The summed E-state index contributed by atoms with van der Waals surface area (Å²) in [5.74, 6) is 0. The second-order valence-corrected chi connectivity index (χ2v) is 3.70. The van der Waals surface area contributed by atoms with Crippen LogP contribution in [-0.2, 0) is 21.7 Å². The van der Waals surface area contributed by atoms with Crippen LogP contribution in [0.3, 0.4) is 0 Å². The molecule has 0 spiro atoms. The van der Waals surface area contributed by atoms with E-state index in [2.05, 4.69) is 6.92 Å². The average molecular weight is 314 g/mol. The van der Waals surface area contributed by atoms with E-state index >= 15 is 0 Å². The van der Waals surface area contributed by atoms with Crippen molar-refractivity contribution < 1.29 is 26.8 Å². The van der Waals surface area contributed by atoms with Gasteiger partial charge in [-0.05, 0) is 0 Å². The largest absolute Gasteiger partial charge is 4.00 e. The molecule has 3 aromatic carbocycles. The number of rotatable bonds is 0. The zero-order valence-electron chi connectivity index (χ0n) is 12.5. The SMILES string of the molecule is CC[O-].[CH2-]c1ccccc1.[Ti+4].c1cc[cH-]c1.c1cc[cH-]c1. The Bertz CT molecular complexity index is 383. The van der Waals surface area contributed by atoms with Gasteiger partial charge in [0.05, 0.1) is 0 Å². The Morgan fingerprint density at radius 1 is 0.810 bits per heavy atom. The summed E-state index contributed by atoms with van der Waals surface area (Å²) in [6.45, 7) is 5.29. The van der Waals surface area contributed by atoms with Gasteiger partial charge in [0.15, 0.2) is 0 Å². The molecule has 1 nitrogen and oxygen atoms in total. The van der Waals surface area contributed by atoms with Crippen LogP contribution in [0.25, 0.3) is 0 Å². The van der Waals surface area contributed by atoms with E-state index < -0.39 is 0 Å². The second kappa shape index (κ2) is 18.5. The van der Waals surface area contributed by atoms with E-state index in [-0.39, 0.29) is 28.3 Å². The molecule has 3 aromatic rings. The van der Waals surface area contributed by atoms with Gasteiger partial charge in [-0.1, -0.05) is 13.0 Å². The third kappa shape index (κ3) is 18.5. The molecule has 0 saturated heterocycles. The maximum absolute atomic E-state index is 8.93. The van der Waals surface area contributed by atoms with Crippen molar-refractivity contribution in [2.75, 3.05) is 6.61 Å². The molecule has 0 aromatic heterocycles. The Morgan fingerprint density at radius 3 is 1.29 bits per heavy atom. The van der Waals surface area contributed by atoms with Crippen molar-refractivity contribution in [1.82, 2.24) is 0 Å². The van der Waals surface area contributed by atoms with E-state index in [4.69, 9.17) is 5.11 Å². The molecule has 0 unspecified atom stereocenters. The third-order valence-corrected chi connectivity index (χ3v) is 1.95. The van der Waals surface area contributed by atoms with Crippen molar-refractivity contribution in [2.24, 2.45) is 0 Å². The minimum atomic E-state index is 0. The van der Waals surface area contributed by atoms with E-state index in [1.54, 1.807) is 6.92 Å². The first-order valence-corrected chi connectivity index (χ1v) is 6.59. The van der Waals surface area contributed by atoms with Gasteiger partial charge in [0, 0.05) is 0 Å². The van der Waals surface area contributed by atoms with Gasteiger partial charge in [-0.25, -0.2) is 24.3 Å². The standard InChI is InChI=1S/C7H7.2C5H5.C2H5O.Ti/c1-7-5-3-2-4-6-7;2*1-2-4-5-3-1;1-2-3;/h2-6H,1H2;2*1-5H;2H2,1H3;/q4*-1;+4. The molecule has 0 aliphatic carbocycles. The molecule has 0 N–H and O–H groups in total. The molecular weight excluding hydrogens is 292 g/mol. The molecule has 2 heteroatoms. The number of benzene rings is 1. The molecule has 0 heterocycles. The van der Waals surface area contributed by atoms with Crippen LogP contribution < -0.4 is 5.11 Å². The van der Waals surface area contributed by atoms with Gasteiger partial charge in [0.25, 0.3) is 0 Å². The van der Waals surface area contributed by atoms with Crippen LogP contribution in [0.5, 0.6) is 0 Å². The first-order valence-electron chi connectivity index (χ1n) is 6.59. The molecular formula is C19H22OTi. The van der Waals surface area contributed by atoms with Crippen molar-refractivity contribution in [3.63, 3.8) is 0 Å². The van der Waals surface area contributed by atoms with Crippen molar-refractivity contribution in [2.45, 2.75) is 6.92 Å². The molecule has 0 fully saturated rings. The Labute approximate surface area is 143 Å². The molecule has 3 rings (SSSR count). The summed E-state index contributed by atoms with van der Waals surface area (Å²) < 4.78 is 0. The van der Waals surface area contributed by atoms with Crippen molar-refractivity contribution >= 4 is 0 Å². The molecule has 0 saturated carbocycles. The molecule has 0 amide bonds. The fraction of sp³-hybridized carbons (Fsp3) is 0.105. The van der Waals surface area contributed by atoms with E-state index in [0.717, 1.165) is 5.56 Å². The first kappa shape index (κ1) is 21.8. The summed E-state index contributed by atoms with van der Waals surface area (Å²) in [5, 5.41) is 8.93. The average Bonchev–Trinajstić information content (AvgIpc) is 3.20. The van der Waals surface area contributed by atoms with Gasteiger partial charge in [0.1, 0.15) is 0 Å². The maximum Gasteiger partial charge on any atom is 4.00 e. The number of hydrogen-bond donors (Lipinski definition) is 0.